The molecule has 0 aliphatic heterocycles. The number of esters is 1. The second kappa shape index (κ2) is 5.02. The Kier molecular flexibility index (Phi) is 3.94. The van der Waals surface area contributed by atoms with Gasteiger partial charge in [-0.2, -0.15) is 5.10 Å². The quantitative estimate of drug-likeness (QED) is 0.753. The van der Waals surface area contributed by atoms with Crippen LogP contribution in [0, 0.1) is 0 Å². The van der Waals surface area contributed by atoms with E-state index in [9.17, 15) is 18.4 Å². The van der Waals surface area contributed by atoms with E-state index in [-0.39, 0.29) is 0 Å². The van der Waals surface area contributed by atoms with Crippen molar-refractivity contribution >= 4 is 17.6 Å². The summed E-state index contributed by atoms with van der Waals surface area (Å²) in [6, 6.07) is 0. The number of hydrogen-bond donors (Lipinski definition) is 0. The number of hydrogen-bond acceptors (Lipinski definition) is 4. The van der Waals surface area contributed by atoms with Crippen LogP contribution in [0.1, 0.15) is 12.0 Å². The molecule has 5 nitrogen and oxygen atoms in total. The Morgan fingerprint density at radius 1 is 1.69 bits per heavy atom. The number of nitrogens with zero attached hydrogens (tertiary/aromatic N) is 2. The van der Waals surface area contributed by atoms with Crippen molar-refractivity contribution in [3.8, 4) is 0 Å². The normalized spacial score (nSPS) is 10.6. The van der Waals surface area contributed by atoms with Crippen LogP contribution in [-0.4, -0.2) is 22.9 Å². The van der Waals surface area contributed by atoms with Crippen LogP contribution < -0.4 is 5.56 Å². The minimum atomic E-state index is -3.02. The summed E-state index contributed by atoms with van der Waals surface area (Å²) in [7, 11) is 1.11. The molecule has 0 radical (unpaired) electrons. The van der Waals surface area contributed by atoms with Crippen molar-refractivity contribution in [3.63, 3.8) is 0 Å². The molecule has 0 amide bonds. The summed E-state index contributed by atoms with van der Waals surface area (Å²) < 4.78 is 29.7. The largest absolute Gasteiger partial charge is 0.468 e. The van der Waals surface area contributed by atoms with Gasteiger partial charge in [-0.15, -0.1) is 0 Å². The van der Waals surface area contributed by atoms with Gasteiger partial charge in [-0.05, 0) is 0 Å². The van der Waals surface area contributed by atoms with E-state index in [1.807, 2.05) is 0 Å². The van der Waals surface area contributed by atoms with Crippen LogP contribution in [0.25, 0.3) is 0 Å². The zero-order valence-corrected chi connectivity index (χ0v) is 8.87. The molecule has 0 saturated carbocycles. The first-order valence-corrected chi connectivity index (χ1v) is 4.45. The van der Waals surface area contributed by atoms with Crippen molar-refractivity contribution in [2.75, 3.05) is 7.11 Å². The first kappa shape index (κ1) is 12.6. The third-order valence-corrected chi connectivity index (χ3v) is 2.06. The molecular formula is C8H7ClF2N2O3. The standard InChI is InChI=1S/C8H7ClF2N2O3/c1-16-5(14)3-13-8(15)6(7(10)11)4(9)2-12-13/h2,7H,3H2,1H3. The molecule has 0 fully saturated rings. The average molecular weight is 253 g/mol. The van der Waals surface area contributed by atoms with Crippen molar-refractivity contribution in [1.29, 1.82) is 0 Å². The molecule has 0 saturated heterocycles. The summed E-state index contributed by atoms with van der Waals surface area (Å²) >= 11 is 5.39. The summed E-state index contributed by atoms with van der Waals surface area (Å²) in [6.07, 6.45) is -2.14. The Morgan fingerprint density at radius 2 is 2.31 bits per heavy atom. The highest BCUT2D eigenvalue weighted by Crippen LogP contribution is 2.21. The second-order valence-electron chi connectivity index (χ2n) is 2.75. The van der Waals surface area contributed by atoms with E-state index < -0.39 is 35.1 Å². The van der Waals surface area contributed by atoms with Crippen molar-refractivity contribution < 1.29 is 18.3 Å². The summed E-state index contributed by atoms with van der Waals surface area (Å²) in [5, 5.41) is 3.02. The Balaban J connectivity index is 3.19. The molecule has 1 aromatic rings. The summed E-state index contributed by atoms with van der Waals surface area (Å²) in [6.45, 7) is -0.535. The van der Waals surface area contributed by atoms with Gasteiger partial charge >= 0.3 is 5.97 Å². The molecule has 0 spiro atoms. The van der Waals surface area contributed by atoms with Gasteiger partial charge in [0.2, 0.25) is 0 Å². The highest BCUT2D eigenvalue weighted by molar-refractivity contribution is 6.31. The lowest BCUT2D eigenvalue weighted by molar-refractivity contribution is -0.141. The Morgan fingerprint density at radius 3 is 2.81 bits per heavy atom. The predicted molar refractivity (Wildman–Crippen MR) is 50.5 cm³/mol. The lowest BCUT2D eigenvalue weighted by Crippen LogP contribution is -2.30. The molecule has 16 heavy (non-hydrogen) atoms. The van der Waals surface area contributed by atoms with Gasteiger partial charge in [0.1, 0.15) is 12.1 Å². The van der Waals surface area contributed by atoms with Crippen LogP contribution >= 0.6 is 11.6 Å². The van der Waals surface area contributed by atoms with E-state index in [1.165, 1.54) is 0 Å². The van der Waals surface area contributed by atoms with E-state index in [2.05, 4.69) is 9.84 Å². The first-order valence-electron chi connectivity index (χ1n) is 4.07. The number of carbonyl (C=O) groups excluding carboxylic acids is 1. The minimum Gasteiger partial charge on any atom is -0.468 e. The smallest absolute Gasteiger partial charge is 0.327 e. The van der Waals surface area contributed by atoms with E-state index in [1.54, 1.807) is 0 Å². The number of aromatic nitrogens is 2. The number of carbonyl (C=O) groups is 1. The molecule has 88 valence electrons. The number of halogens is 3. The van der Waals surface area contributed by atoms with Gasteiger partial charge in [0.05, 0.1) is 18.3 Å². The van der Waals surface area contributed by atoms with Crippen molar-refractivity contribution in [3.05, 3.63) is 27.1 Å². The van der Waals surface area contributed by atoms with Gasteiger partial charge < -0.3 is 4.74 Å². The lowest BCUT2D eigenvalue weighted by atomic mass is 10.3. The fraction of sp³-hybridized carbons (Fsp3) is 0.375. The Hall–Kier alpha value is -1.50. The Bertz CT molecular complexity index is 461. The van der Waals surface area contributed by atoms with Crippen LogP contribution in [0.4, 0.5) is 8.78 Å². The SMILES string of the molecule is COC(=O)Cn1ncc(Cl)c(C(F)F)c1=O. The molecule has 0 N–H and O–H groups in total. The van der Waals surface area contributed by atoms with Crippen LogP contribution in [-0.2, 0) is 16.1 Å². The van der Waals surface area contributed by atoms with Crippen LogP contribution in [0.15, 0.2) is 11.0 Å². The van der Waals surface area contributed by atoms with Gasteiger partial charge in [-0.3, -0.25) is 9.59 Å². The Labute approximate surface area is 93.6 Å². The number of ether oxygens (including phenoxy) is 1. The maximum atomic E-state index is 12.4. The molecule has 0 aromatic carbocycles. The maximum absolute atomic E-state index is 12.4. The zero-order valence-electron chi connectivity index (χ0n) is 8.11. The van der Waals surface area contributed by atoms with Gasteiger partial charge in [0, 0.05) is 0 Å². The van der Waals surface area contributed by atoms with Crippen molar-refractivity contribution in [2.45, 2.75) is 13.0 Å². The minimum absolute atomic E-state index is 0.430. The van der Waals surface area contributed by atoms with Crippen LogP contribution in [0.2, 0.25) is 5.02 Å². The van der Waals surface area contributed by atoms with Gasteiger partial charge in [-0.25, -0.2) is 13.5 Å². The van der Waals surface area contributed by atoms with E-state index >= 15 is 0 Å². The maximum Gasteiger partial charge on any atom is 0.327 e. The molecule has 1 heterocycles. The molecule has 0 unspecified atom stereocenters. The third-order valence-electron chi connectivity index (χ3n) is 1.76. The van der Waals surface area contributed by atoms with Crippen LogP contribution in [0.3, 0.4) is 0 Å². The zero-order chi connectivity index (χ0) is 12.3. The molecular weight excluding hydrogens is 246 g/mol. The number of alkyl halides is 2. The number of methoxy groups -OCH3 is 1. The topological polar surface area (TPSA) is 61.2 Å². The highest BCUT2D eigenvalue weighted by Gasteiger charge is 2.20. The van der Waals surface area contributed by atoms with Crippen molar-refractivity contribution in [1.82, 2.24) is 9.78 Å². The molecule has 0 bridgehead atoms. The molecule has 1 aromatic heterocycles. The third kappa shape index (κ3) is 2.54. The predicted octanol–water partition coefficient (Wildman–Crippen LogP) is 1.01. The molecule has 0 atom stereocenters. The molecule has 0 aliphatic carbocycles. The van der Waals surface area contributed by atoms with E-state index in [0.29, 0.717) is 4.68 Å². The first-order chi connectivity index (χ1) is 7.47. The monoisotopic (exact) mass is 252 g/mol. The molecule has 0 aliphatic rings. The fourth-order valence-corrected chi connectivity index (χ4v) is 1.19. The number of rotatable bonds is 3. The molecule has 8 heteroatoms. The van der Waals surface area contributed by atoms with E-state index in [0.717, 1.165) is 13.3 Å². The van der Waals surface area contributed by atoms with Crippen LogP contribution in [0.5, 0.6) is 0 Å². The van der Waals surface area contributed by atoms with E-state index in [4.69, 9.17) is 11.6 Å². The van der Waals surface area contributed by atoms with Gasteiger partial charge in [0.15, 0.2) is 0 Å². The molecule has 1 rings (SSSR count). The van der Waals surface area contributed by atoms with Gasteiger partial charge in [-0.1, -0.05) is 11.6 Å². The summed E-state index contributed by atoms with van der Waals surface area (Å²) in [5.41, 5.74) is -1.98. The van der Waals surface area contributed by atoms with Crippen molar-refractivity contribution in [2.24, 2.45) is 0 Å². The second-order valence-corrected chi connectivity index (χ2v) is 3.15. The highest BCUT2D eigenvalue weighted by atomic mass is 35.5. The summed E-state index contributed by atoms with van der Waals surface area (Å²) in [4.78, 5) is 22.3. The summed E-state index contributed by atoms with van der Waals surface area (Å²) in [5.74, 6) is -0.767. The lowest BCUT2D eigenvalue weighted by Gasteiger charge is -2.06. The van der Waals surface area contributed by atoms with Gasteiger partial charge in [0.25, 0.3) is 12.0 Å². The average Bonchev–Trinajstić information content (AvgIpc) is 2.21. The fourth-order valence-electron chi connectivity index (χ4n) is 0.981.